The van der Waals surface area contributed by atoms with Crippen LogP contribution < -0.4 is 9.62 Å². The van der Waals surface area contributed by atoms with Gasteiger partial charge in [-0.3, -0.25) is 13.9 Å². The highest BCUT2D eigenvalue weighted by Gasteiger charge is 2.32. The van der Waals surface area contributed by atoms with Crippen LogP contribution in [0.5, 0.6) is 0 Å². The Kier molecular flexibility index (Phi) is 9.40. The zero-order chi connectivity index (χ0) is 25.6. The zero-order valence-electron chi connectivity index (χ0n) is 19.4. The molecule has 186 valence electrons. The lowest BCUT2D eigenvalue weighted by atomic mass is 10.1. The standard InChI is InChI=1S/C23H28ClF2N3O4S/c1-5-21(23(31)27-15(2)3)28(13-16-6-8-17(25)9-7-16)22(30)14-29(34(4,32)33)18-10-11-20(26)19(24)12-18/h6-12,15,21H,5,13-14H2,1-4H3,(H,27,31)/t21-/m0/s1. The van der Waals surface area contributed by atoms with E-state index in [1.807, 2.05) is 0 Å². The van der Waals surface area contributed by atoms with Crippen molar-refractivity contribution in [1.82, 2.24) is 10.2 Å². The van der Waals surface area contributed by atoms with E-state index in [2.05, 4.69) is 5.32 Å². The summed E-state index contributed by atoms with van der Waals surface area (Å²) >= 11 is 5.81. The van der Waals surface area contributed by atoms with Crippen LogP contribution in [0.25, 0.3) is 0 Å². The molecule has 34 heavy (non-hydrogen) atoms. The first-order valence-electron chi connectivity index (χ1n) is 10.6. The largest absolute Gasteiger partial charge is 0.352 e. The van der Waals surface area contributed by atoms with Crippen LogP contribution in [0.1, 0.15) is 32.8 Å². The molecule has 1 atom stereocenters. The van der Waals surface area contributed by atoms with E-state index in [1.54, 1.807) is 20.8 Å². The van der Waals surface area contributed by atoms with Crippen molar-refractivity contribution in [3.63, 3.8) is 0 Å². The van der Waals surface area contributed by atoms with Crippen molar-refractivity contribution in [2.24, 2.45) is 0 Å². The molecule has 7 nitrogen and oxygen atoms in total. The third kappa shape index (κ3) is 7.39. The summed E-state index contributed by atoms with van der Waals surface area (Å²) in [6.07, 6.45) is 1.16. The smallest absolute Gasteiger partial charge is 0.244 e. The predicted molar refractivity (Wildman–Crippen MR) is 128 cm³/mol. The van der Waals surface area contributed by atoms with Gasteiger partial charge in [0, 0.05) is 12.6 Å². The lowest BCUT2D eigenvalue weighted by Gasteiger charge is -2.33. The third-order valence-corrected chi connectivity index (χ3v) is 6.38. The SMILES string of the molecule is CC[C@@H](C(=O)NC(C)C)N(Cc1ccc(F)cc1)C(=O)CN(c1ccc(F)c(Cl)c1)S(C)(=O)=O. The minimum absolute atomic E-state index is 0.00339. The van der Waals surface area contributed by atoms with Gasteiger partial charge in [0.2, 0.25) is 21.8 Å². The summed E-state index contributed by atoms with van der Waals surface area (Å²) in [5.41, 5.74) is 0.560. The normalized spacial score (nSPS) is 12.4. The second kappa shape index (κ2) is 11.6. The Balaban J connectivity index is 2.45. The van der Waals surface area contributed by atoms with Crippen LogP contribution in [-0.2, 0) is 26.2 Å². The van der Waals surface area contributed by atoms with Crippen molar-refractivity contribution in [2.45, 2.75) is 45.8 Å². The molecule has 0 heterocycles. The van der Waals surface area contributed by atoms with E-state index in [1.165, 1.54) is 35.2 Å². The monoisotopic (exact) mass is 515 g/mol. The fourth-order valence-electron chi connectivity index (χ4n) is 3.34. The number of nitrogens with one attached hydrogen (secondary N) is 1. The van der Waals surface area contributed by atoms with Gasteiger partial charge in [-0.1, -0.05) is 30.7 Å². The number of rotatable bonds is 10. The number of hydrogen-bond donors (Lipinski definition) is 1. The molecule has 2 rings (SSSR count). The minimum atomic E-state index is -3.97. The first-order valence-corrected chi connectivity index (χ1v) is 12.8. The zero-order valence-corrected chi connectivity index (χ0v) is 21.0. The van der Waals surface area contributed by atoms with Gasteiger partial charge in [-0.15, -0.1) is 0 Å². The van der Waals surface area contributed by atoms with Gasteiger partial charge in [-0.05, 0) is 56.2 Å². The molecular formula is C23H28ClF2N3O4S. The van der Waals surface area contributed by atoms with Crippen LogP contribution in [0.2, 0.25) is 5.02 Å². The molecule has 0 bridgehead atoms. The summed E-state index contributed by atoms with van der Waals surface area (Å²) in [4.78, 5) is 27.6. The second-order valence-corrected chi connectivity index (χ2v) is 10.4. The number of nitrogens with zero attached hydrogens (tertiary/aromatic N) is 2. The number of amides is 2. The van der Waals surface area contributed by atoms with Crippen molar-refractivity contribution >= 4 is 39.1 Å². The van der Waals surface area contributed by atoms with Crippen LogP contribution in [-0.4, -0.2) is 50.0 Å². The fraction of sp³-hybridized carbons (Fsp3) is 0.391. The van der Waals surface area contributed by atoms with Crippen LogP contribution >= 0.6 is 11.6 Å². The van der Waals surface area contributed by atoms with E-state index in [0.717, 1.165) is 22.7 Å². The van der Waals surface area contributed by atoms with Crippen LogP contribution in [0.15, 0.2) is 42.5 Å². The average Bonchev–Trinajstić information content (AvgIpc) is 2.74. The quantitative estimate of drug-likeness (QED) is 0.522. The van der Waals surface area contributed by atoms with E-state index in [9.17, 15) is 26.8 Å². The summed E-state index contributed by atoms with van der Waals surface area (Å²) in [6, 6.07) is 7.65. The Morgan fingerprint density at radius 1 is 1.09 bits per heavy atom. The number of benzene rings is 2. The predicted octanol–water partition coefficient (Wildman–Crippen LogP) is 3.72. The molecule has 0 aliphatic heterocycles. The van der Waals surface area contributed by atoms with E-state index < -0.39 is 46.1 Å². The number of halogens is 3. The molecule has 0 unspecified atom stereocenters. The van der Waals surface area contributed by atoms with Crippen LogP contribution in [0, 0.1) is 11.6 Å². The molecule has 0 saturated carbocycles. The molecule has 0 aliphatic carbocycles. The molecule has 11 heteroatoms. The van der Waals surface area contributed by atoms with Crippen molar-refractivity contribution < 1.29 is 26.8 Å². The fourth-order valence-corrected chi connectivity index (χ4v) is 4.36. The highest BCUT2D eigenvalue weighted by atomic mass is 35.5. The van der Waals surface area contributed by atoms with Gasteiger partial charge in [0.15, 0.2) is 0 Å². The Morgan fingerprint density at radius 3 is 2.21 bits per heavy atom. The maximum Gasteiger partial charge on any atom is 0.244 e. The second-order valence-electron chi connectivity index (χ2n) is 8.10. The van der Waals surface area contributed by atoms with Crippen molar-refractivity contribution in [3.05, 3.63) is 64.7 Å². The highest BCUT2D eigenvalue weighted by molar-refractivity contribution is 7.92. The Morgan fingerprint density at radius 2 is 1.71 bits per heavy atom. The number of hydrogen-bond acceptors (Lipinski definition) is 4. The van der Waals surface area contributed by atoms with E-state index in [0.29, 0.717) is 5.56 Å². The maximum absolute atomic E-state index is 13.6. The Labute approximate surface area is 203 Å². The summed E-state index contributed by atoms with van der Waals surface area (Å²) in [5, 5.41) is 2.47. The molecule has 0 saturated heterocycles. The van der Waals surface area contributed by atoms with E-state index >= 15 is 0 Å². The number of carbonyl (C=O) groups is 2. The van der Waals surface area contributed by atoms with Crippen LogP contribution in [0.4, 0.5) is 14.5 Å². The third-order valence-electron chi connectivity index (χ3n) is 4.95. The van der Waals surface area contributed by atoms with Gasteiger partial charge in [-0.2, -0.15) is 0 Å². The minimum Gasteiger partial charge on any atom is -0.352 e. The van der Waals surface area contributed by atoms with Gasteiger partial charge in [0.05, 0.1) is 17.0 Å². The maximum atomic E-state index is 13.6. The first kappa shape index (κ1) is 27.5. The lowest BCUT2D eigenvalue weighted by Crippen LogP contribution is -2.53. The van der Waals surface area contributed by atoms with E-state index in [4.69, 9.17) is 11.6 Å². The first-order chi connectivity index (χ1) is 15.8. The van der Waals surface area contributed by atoms with Crippen molar-refractivity contribution in [3.8, 4) is 0 Å². The molecule has 0 spiro atoms. The van der Waals surface area contributed by atoms with Gasteiger partial charge < -0.3 is 10.2 Å². The highest BCUT2D eigenvalue weighted by Crippen LogP contribution is 2.25. The summed E-state index contributed by atoms with van der Waals surface area (Å²) in [7, 11) is -3.97. The molecule has 0 aromatic heterocycles. The molecule has 2 aromatic carbocycles. The molecule has 2 aromatic rings. The molecule has 2 amide bonds. The topological polar surface area (TPSA) is 86.8 Å². The lowest BCUT2D eigenvalue weighted by molar-refractivity contribution is -0.140. The number of sulfonamides is 1. The van der Waals surface area contributed by atoms with Crippen molar-refractivity contribution in [1.29, 1.82) is 0 Å². The molecule has 1 N–H and O–H groups in total. The Hall–Kier alpha value is -2.72. The summed E-state index contributed by atoms with van der Waals surface area (Å²) in [6.45, 7) is 4.59. The van der Waals surface area contributed by atoms with Crippen LogP contribution in [0.3, 0.4) is 0 Å². The van der Waals surface area contributed by atoms with E-state index in [-0.39, 0.29) is 29.7 Å². The number of carbonyl (C=O) groups excluding carboxylic acids is 2. The van der Waals surface area contributed by atoms with Gasteiger partial charge >= 0.3 is 0 Å². The van der Waals surface area contributed by atoms with Gasteiger partial charge in [-0.25, -0.2) is 17.2 Å². The van der Waals surface area contributed by atoms with Gasteiger partial charge in [0.1, 0.15) is 24.2 Å². The summed E-state index contributed by atoms with van der Waals surface area (Å²) < 4.78 is 52.8. The number of anilines is 1. The molecule has 0 radical (unpaired) electrons. The average molecular weight is 516 g/mol. The molecule has 0 aliphatic rings. The Bertz CT molecular complexity index is 1130. The molecule has 0 fully saturated rings. The van der Waals surface area contributed by atoms with Crippen molar-refractivity contribution in [2.75, 3.05) is 17.1 Å². The molecular weight excluding hydrogens is 488 g/mol. The van der Waals surface area contributed by atoms with Gasteiger partial charge in [0.25, 0.3) is 0 Å². The summed E-state index contributed by atoms with van der Waals surface area (Å²) in [5.74, 6) is -2.26.